The summed E-state index contributed by atoms with van der Waals surface area (Å²) in [5.74, 6) is 2.06. The number of aromatic amines is 1. The van der Waals surface area contributed by atoms with Gasteiger partial charge in [0, 0.05) is 10.6 Å². The van der Waals surface area contributed by atoms with Gasteiger partial charge >= 0.3 is 0 Å². The van der Waals surface area contributed by atoms with E-state index in [1.165, 1.54) is 4.68 Å². The highest BCUT2D eigenvalue weighted by Gasteiger charge is 2.04. The van der Waals surface area contributed by atoms with Gasteiger partial charge in [0.15, 0.2) is 0 Å². The van der Waals surface area contributed by atoms with Gasteiger partial charge in [0.25, 0.3) is 0 Å². The van der Waals surface area contributed by atoms with Crippen molar-refractivity contribution in [2.24, 2.45) is 5.10 Å². The molecule has 3 rings (SSSR count). The van der Waals surface area contributed by atoms with E-state index in [1.807, 2.05) is 43.3 Å². The third kappa shape index (κ3) is 2.96. The van der Waals surface area contributed by atoms with Crippen molar-refractivity contribution in [3.05, 3.63) is 57.8 Å². The molecule has 0 aliphatic rings. The zero-order valence-electron chi connectivity index (χ0n) is 11.1. The van der Waals surface area contributed by atoms with E-state index in [-0.39, 0.29) is 0 Å². The molecule has 0 radical (unpaired) electrons. The maximum atomic E-state index is 5.87. The molecule has 2 aromatic heterocycles. The number of aryl methyl sites for hydroxylation is 1. The molecule has 0 aliphatic carbocycles. The molecule has 0 fully saturated rings. The monoisotopic (exact) mass is 318 g/mol. The van der Waals surface area contributed by atoms with Crippen LogP contribution < -0.4 is 0 Å². The first-order chi connectivity index (χ1) is 10.1. The number of H-pyrrole nitrogens is 1. The molecule has 0 bridgehead atoms. The van der Waals surface area contributed by atoms with Crippen molar-refractivity contribution in [1.82, 2.24) is 14.9 Å². The van der Waals surface area contributed by atoms with Crippen molar-refractivity contribution < 1.29 is 4.42 Å². The zero-order valence-corrected chi connectivity index (χ0v) is 12.6. The lowest BCUT2D eigenvalue weighted by atomic mass is 10.2. The normalized spacial score (nSPS) is 11.3. The summed E-state index contributed by atoms with van der Waals surface area (Å²) in [4.78, 5) is 0. The van der Waals surface area contributed by atoms with E-state index in [0.29, 0.717) is 21.4 Å². The third-order valence-corrected chi connectivity index (χ3v) is 3.38. The van der Waals surface area contributed by atoms with E-state index in [1.54, 1.807) is 6.21 Å². The van der Waals surface area contributed by atoms with Crippen LogP contribution in [-0.2, 0) is 0 Å². The summed E-state index contributed by atoms with van der Waals surface area (Å²) < 4.78 is 7.68. The third-order valence-electron chi connectivity index (χ3n) is 2.87. The van der Waals surface area contributed by atoms with Crippen molar-refractivity contribution in [3.8, 4) is 11.3 Å². The summed E-state index contributed by atoms with van der Waals surface area (Å²) in [5, 5.41) is 11.6. The van der Waals surface area contributed by atoms with Gasteiger partial charge in [0.05, 0.1) is 6.21 Å². The van der Waals surface area contributed by atoms with Crippen LogP contribution in [0.3, 0.4) is 0 Å². The molecule has 0 aliphatic heterocycles. The number of hydrogen-bond acceptors (Lipinski definition) is 4. The van der Waals surface area contributed by atoms with Crippen LogP contribution in [0.2, 0.25) is 5.02 Å². The second-order valence-corrected chi connectivity index (χ2v) is 5.16. The van der Waals surface area contributed by atoms with Crippen LogP contribution in [0, 0.1) is 11.7 Å². The average Bonchev–Trinajstić information content (AvgIpc) is 3.06. The van der Waals surface area contributed by atoms with Crippen LogP contribution in [-0.4, -0.2) is 21.1 Å². The van der Waals surface area contributed by atoms with Crippen molar-refractivity contribution in [2.45, 2.75) is 6.92 Å². The Morgan fingerprint density at radius 3 is 2.71 bits per heavy atom. The van der Waals surface area contributed by atoms with E-state index in [9.17, 15) is 0 Å². The van der Waals surface area contributed by atoms with Gasteiger partial charge in [-0.3, -0.25) is 5.10 Å². The molecule has 5 nitrogen and oxygen atoms in total. The molecule has 21 heavy (non-hydrogen) atoms. The van der Waals surface area contributed by atoms with Crippen molar-refractivity contribution >= 4 is 30.0 Å². The van der Waals surface area contributed by atoms with E-state index >= 15 is 0 Å². The summed E-state index contributed by atoms with van der Waals surface area (Å²) in [6.07, 6.45) is 1.59. The van der Waals surface area contributed by atoms with E-state index in [0.717, 1.165) is 11.3 Å². The number of furan rings is 1. The van der Waals surface area contributed by atoms with Crippen molar-refractivity contribution in [3.63, 3.8) is 0 Å². The Bertz CT molecular complexity index is 844. The fraction of sp³-hybridized carbons (Fsp3) is 0.0714. The molecule has 1 aromatic carbocycles. The van der Waals surface area contributed by atoms with Crippen molar-refractivity contribution in [2.75, 3.05) is 0 Å². The smallest absolute Gasteiger partial charge is 0.216 e. The summed E-state index contributed by atoms with van der Waals surface area (Å²) in [7, 11) is 0. The maximum Gasteiger partial charge on any atom is 0.216 e. The molecule has 7 heteroatoms. The van der Waals surface area contributed by atoms with Gasteiger partial charge in [-0.15, -0.1) is 0 Å². The van der Waals surface area contributed by atoms with Crippen molar-refractivity contribution in [1.29, 1.82) is 0 Å². The number of benzene rings is 1. The molecule has 0 spiro atoms. The maximum absolute atomic E-state index is 5.87. The van der Waals surface area contributed by atoms with E-state index < -0.39 is 0 Å². The predicted octanol–water partition coefficient (Wildman–Crippen LogP) is 4.04. The Kier molecular flexibility index (Phi) is 3.72. The molecule has 3 aromatic rings. The highest BCUT2D eigenvalue weighted by atomic mass is 35.5. The van der Waals surface area contributed by atoms with Gasteiger partial charge in [-0.25, -0.2) is 0 Å². The first kappa shape index (κ1) is 13.8. The van der Waals surface area contributed by atoms with Gasteiger partial charge < -0.3 is 4.42 Å². The van der Waals surface area contributed by atoms with Gasteiger partial charge in [-0.05, 0) is 55.5 Å². The first-order valence-electron chi connectivity index (χ1n) is 6.17. The fourth-order valence-corrected chi connectivity index (χ4v) is 2.16. The largest absolute Gasteiger partial charge is 0.455 e. The van der Waals surface area contributed by atoms with Crippen LogP contribution in [0.1, 0.15) is 11.6 Å². The number of rotatable bonds is 3. The Hall–Kier alpha value is -2.18. The van der Waals surface area contributed by atoms with Crippen LogP contribution in [0.5, 0.6) is 0 Å². The van der Waals surface area contributed by atoms with E-state index in [2.05, 4.69) is 15.3 Å². The molecule has 0 amide bonds. The quantitative estimate of drug-likeness (QED) is 0.585. The summed E-state index contributed by atoms with van der Waals surface area (Å²) >= 11 is 10.9. The first-order valence-corrected chi connectivity index (χ1v) is 6.96. The SMILES string of the molecule is Cc1n[nH]c(=S)n1/N=C/c1ccc(-c2ccc(Cl)cc2)o1. The Morgan fingerprint density at radius 1 is 1.29 bits per heavy atom. The lowest BCUT2D eigenvalue weighted by Crippen LogP contribution is -1.92. The second kappa shape index (κ2) is 5.67. The predicted molar refractivity (Wildman–Crippen MR) is 84.3 cm³/mol. The summed E-state index contributed by atoms with van der Waals surface area (Å²) in [6.45, 7) is 1.81. The molecule has 2 heterocycles. The topological polar surface area (TPSA) is 59.1 Å². The number of hydrogen-bond donors (Lipinski definition) is 1. The number of nitrogens with one attached hydrogen (secondary N) is 1. The summed E-state index contributed by atoms with van der Waals surface area (Å²) in [5.41, 5.74) is 0.954. The van der Waals surface area contributed by atoms with Gasteiger partial charge in [0.1, 0.15) is 17.3 Å². The number of nitrogens with zero attached hydrogens (tertiary/aromatic N) is 3. The van der Waals surface area contributed by atoms with E-state index in [4.69, 9.17) is 28.2 Å². The van der Waals surface area contributed by atoms with Gasteiger partial charge in [-0.1, -0.05) is 11.6 Å². The van der Waals surface area contributed by atoms with Crippen LogP contribution in [0.25, 0.3) is 11.3 Å². The Morgan fingerprint density at radius 2 is 2.05 bits per heavy atom. The molecule has 1 N–H and O–H groups in total. The fourth-order valence-electron chi connectivity index (χ4n) is 1.81. The van der Waals surface area contributed by atoms with Crippen LogP contribution >= 0.6 is 23.8 Å². The minimum Gasteiger partial charge on any atom is -0.455 e. The lowest BCUT2D eigenvalue weighted by Gasteiger charge is -1.96. The Balaban J connectivity index is 1.85. The summed E-state index contributed by atoms with van der Waals surface area (Å²) in [6, 6.07) is 11.2. The van der Waals surface area contributed by atoms with Crippen LogP contribution in [0.15, 0.2) is 45.9 Å². The highest BCUT2D eigenvalue weighted by Crippen LogP contribution is 2.23. The minimum absolute atomic E-state index is 0.438. The molecule has 0 unspecified atom stereocenters. The zero-order chi connectivity index (χ0) is 14.8. The average molecular weight is 319 g/mol. The molecule has 0 saturated heterocycles. The number of aromatic nitrogens is 3. The standard InChI is InChI=1S/C14H11ClN4OS/c1-9-17-18-14(21)19(9)16-8-12-6-7-13(20-12)10-2-4-11(15)5-3-10/h2-8H,1H3,(H,18,21)/b16-8+. The molecule has 106 valence electrons. The highest BCUT2D eigenvalue weighted by molar-refractivity contribution is 7.71. The molecule has 0 saturated carbocycles. The van der Waals surface area contributed by atoms with Gasteiger partial charge in [-0.2, -0.15) is 14.9 Å². The second-order valence-electron chi connectivity index (χ2n) is 4.34. The van der Waals surface area contributed by atoms with Gasteiger partial charge in [0.2, 0.25) is 4.77 Å². The molecule has 0 atom stereocenters. The lowest BCUT2D eigenvalue weighted by molar-refractivity contribution is 0.574. The molecular weight excluding hydrogens is 308 g/mol. The Labute approximate surface area is 130 Å². The van der Waals surface area contributed by atoms with Crippen LogP contribution in [0.4, 0.5) is 0 Å². The number of halogens is 1. The molecular formula is C14H11ClN4OS. The minimum atomic E-state index is 0.438.